The average Bonchev–Trinajstić information content (AvgIpc) is 3.24. The highest BCUT2D eigenvalue weighted by Crippen LogP contribution is 2.39. The predicted molar refractivity (Wildman–Crippen MR) is 88.7 cm³/mol. The van der Waals surface area contributed by atoms with Crippen LogP contribution in [0, 0.1) is 6.92 Å². The Kier molecular flexibility index (Phi) is 3.84. The lowest BCUT2D eigenvalue weighted by atomic mass is 9.88. The van der Waals surface area contributed by atoms with Gasteiger partial charge in [-0.05, 0) is 31.9 Å². The Labute approximate surface area is 141 Å². The Morgan fingerprint density at radius 3 is 3.12 bits per heavy atom. The molecule has 2 atom stereocenters. The van der Waals surface area contributed by atoms with Crippen molar-refractivity contribution in [2.45, 2.75) is 37.8 Å². The summed E-state index contributed by atoms with van der Waals surface area (Å²) in [4.78, 5) is 23.2. The van der Waals surface area contributed by atoms with E-state index in [2.05, 4.69) is 14.5 Å². The van der Waals surface area contributed by atoms with Crippen molar-refractivity contribution in [3.8, 4) is 0 Å². The number of hydrogen-bond acceptors (Lipinski definition) is 4. The molecule has 0 N–H and O–H groups in total. The van der Waals surface area contributed by atoms with Gasteiger partial charge in [0.1, 0.15) is 5.69 Å². The van der Waals surface area contributed by atoms with E-state index in [1.807, 2.05) is 36.5 Å². The summed E-state index contributed by atoms with van der Waals surface area (Å²) in [5.74, 6) is 0.00690. The Hall–Kier alpha value is -2.21. The summed E-state index contributed by atoms with van der Waals surface area (Å²) in [6.07, 6.45) is 8.52. The Morgan fingerprint density at radius 1 is 1.42 bits per heavy atom. The minimum absolute atomic E-state index is 0.00690. The van der Waals surface area contributed by atoms with Crippen molar-refractivity contribution >= 4 is 5.91 Å². The largest absolute Gasteiger partial charge is 0.371 e. The van der Waals surface area contributed by atoms with Crippen LogP contribution in [0.1, 0.15) is 41.5 Å². The van der Waals surface area contributed by atoms with Gasteiger partial charge in [-0.1, -0.05) is 6.07 Å². The fourth-order valence-electron chi connectivity index (χ4n) is 3.88. The fraction of sp³-hybridized carbons (Fsp3) is 0.500. The number of hydrogen-bond donors (Lipinski definition) is 0. The molecule has 4 heterocycles. The van der Waals surface area contributed by atoms with Gasteiger partial charge in [0.2, 0.25) is 0 Å². The Balaban J connectivity index is 1.49. The molecule has 0 bridgehead atoms. The standard InChI is InChI=1S/C18H22N4O2/c1-14-4-2-5-16(20-14)17(23)21-8-3-6-18(12-21)10-15(11-24-18)22-9-7-19-13-22/h2,4-5,7,9,13,15H,3,6,8,10-12H2,1H3/t15-,18-/m0/s1. The molecule has 126 valence electrons. The molecule has 2 saturated heterocycles. The zero-order chi connectivity index (χ0) is 16.6. The Morgan fingerprint density at radius 2 is 2.33 bits per heavy atom. The van der Waals surface area contributed by atoms with Crippen LogP contribution < -0.4 is 0 Å². The van der Waals surface area contributed by atoms with E-state index >= 15 is 0 Å². The Bertz CT molecular complexity index is 730. The van der Waals surface area contributed by atoms with Crippen LogP contribution in [-0.2, 0) is 4.74 Å². The molecule has 0 aromatic carbocycles. The van der Waals surface area contributed by atoms with Gasteiger partial charge in [-0.25, -0.2) is 9.97 Å². The summed E-state index contributed by atoms with van der Waals surface area (Å²) >= 11 is 0. The molecule has 6 heteroatoms. The van der Waals surface area contributed by atoms with Crippen molar-refractivity contribution in [2.24, 2.45) is 0 Å². The lowest BCUT2D eigenvalue weighted by molar-refractivity contribution is -0.0450. The van der Waals surface area contributed by atoms with E-state index in [0.717, 1.165) is 31.5 Å². The van der Waals surface area contributed by atoms with Crippen molar-refractivity contribution < 1.29 is 9.53 Å². The lowest BCUT2D eigenvalue weighted by Gasteiger charge is -2.39. The first-order chi connectivity index (χ1) is 11.7. The van der Waals surface area contributed by atoms with Crippen LogP contribution in [0.5, 0.6) is 0 Å². The zero-order valence-corrected chi connectivity index (χ0v) is 13.9. The predicted octanol–water partition coefficient (Wildman–Crippen LogP) is 2.22. The van der Waals surface area contributed by atoms with Crippen LogP contribution in [-0.4, -0.2) is 50.6 Å². The quantitative estimate of drug-likeness (QED) is 0.849. The minimum atomic E-state index is -0.229. The highest BCUT2D eigenvalue weighted by Gasteiger charge is 2.45. The molecular formula is C18H22N4O2. The third kappa shape index (κ3) is 2.82. The first kappa shape index (κ1) is 15.3. The molecule has 0 aliphatic carbocycles. The summed E-state index contributed by atoms with van der Waals surface area (Å²) in [5.41, 5.74) is 1.16. The molecule has 0 radical (unpaired) electrons. The number of imidazole rings is 1. The van der Waals surface area contributed by atoms with Gasteiger partial charge in [-0.3, -0.25) is 4.79 Å². The van der Waals surface area contributed by atoms with Crippen LogP contribution in [0.15, 0.2) is 36.9 Å². The van der Waals surface area contributed by atoms with Crippen molar-refractivity contribution in [1.82, 2.24) is 19.4 Å². The van der Waals surface area contributed by atoms with Crippen molar-refractivity contribution in [3.63, 3.8) is 0 Å². The molecule has 2 aromatic heterocycles. The number of rotatable bonds is 2. The molecule has 2 aliphatic rings. The van der Waals surface area contributed by atoms with Gasteiger partial charge in [-0.15, -0.1) is 0 Å². The van der Waals surface area contributed by atoms with Crippen LogP contribution in [0.3, 0.4) is 0 Å². The lowest BCUT2D eigenvalue weighted by Crippen LogP contribution is -2.50. The number of carbonyl (C=O) groups is 1. The normalized spacial score (nSPS) is 26.9. The summed E-state index contributed by atoms with van der Waals surface area (Å²) in [6, 6.07) is 5.89. The summed E-state index contributed by atoms with van der Waals surface area (Å²) in [6.45, 7) is 4.01. The van der Waals surface area contributed by atoms with Crippen LogP contribution in [0.25, 0.3) is 0 Å². The molecule has 2 fully saturated rings. The number of aromatic nitrogens is 3. The highest BCUT2D eigenvalue weighted by atomic mass is 16.5. The van der Waals surface area contributed by atoms with Crippen molar-refractivity contribution in [1.29, 1.82) is 0 Å². The minimum Gasteiger partial charge on any atom is -0.371 e. The van der Waals surface area contributed by atoms with Gasteiger partial charge in [-0.2, -0.15) is 0 Å². The maximum absolute atomic E-state index is 12.8. The number of pyridine rings is 1. The molecular weight excluding hydrogens is 304 g/mol. The molecule has 4 rings (SSSR count). The molecule has 0 unspecified atom stereocenters. The second kappa shape index (κ2) is 6.02. The van der Waals surface area contributed by atoms with Crippen molar-refractivity contribution in [2.75, 3.05) is 19.7 Å². The van der Waals surface area contributed by atoms with E-state index < -0.39 is 0 Å². The number of piperidine rings is 1. The van der Waals surface area contributed by atoms with E-state index in [9.17, 15) is 4.79 Å². The second-order valence-corrected chi connectivity index (χ2v) is 6.86. The molecule has 6 nitrogen and oxygen atoms in total. The monoisotopic (exact) mass is 326 g/mol. The fourth-order valence-corrected chi connectivity index (χ4v) is 3.88. The first-order valence-electron chi connectivity index (χ1n) is 8.50. The van der Waals surface area contributed by atoms with Crippen LogP contribution in [0.2, 0.25) is 0 Å². The summed E-state index contributed by atoms with van der Waals surface area (Å²) in [7, 11) is 0. The van der Waals surface area contributed by atoms with Gasteiger partial charge in [0, 0.05) is 31.1 Å². The maximum atomic E-state index is 12.8. The number of ether oxygens (including phenoxy) is 1. The van der Waals surface area contributed by atoms with Gasteiger partial charge >= 0.3 is 0 Å². The smallest absolute Gasteiger partial charge is 0.272 e. The third-order valence-electron chi connectivity index (χ3n) is 5.07. The van der Waals surface area contributed by atoms with Crippen molar-refractivity contribution in [3.05, 3.63) is 48.3 Å². The van der Waals surface area contributed by atoms with E-state index in [4.69, 9.17) is 4.74 Å². The van der Waals surface area contributed by atoms with E-state index in [0.29, 0.717) is 24.9 Å². The zero-order valence-electron chi connectivity index (χ0n) is 13.9. The van der Waals surface area contributed by atoms with E-state index in [1.165, 1.54) is 0 Å². The number of likely N-dealkylation sites (tertiary alicyclic amines) is 1. The van der Waals surface area contributed by atoms with E-state index in [-0.39, 0.29) is 11.5 Å². The first-order valence-corrected chi connectivity index (χ1v) is 8.50. The van der Waals surface area contributed by atoms with Gasteiger partial charge < -0.3 is 14.2 Å². The van der Waals surface area contributed by atoms with Crippen LogP contribution >= 0.6 is 0 Å². The van der Waals surface area contributed by atoms with Gasteiger partial charge in [0.25, 0.3) is 5.91 Å². The molecule has 2 aliphatic heterocycles. The van der Waals surface area contributed by atoms with Gasteiger partial charge in [0.05, 0.1) is 31.1 Å². The molecule has 2 aromatic rings. The molecule has 1 spiro atoms. The number of aryl methyl sites for hydroxylation is 1. The average molecular weight is 326 g/mol. The SMILES string of the molecule is Cc1cccc(C(=O)N2CCC[C@]3(C[C@H](n4ccnc4)CO3)C2)n1. The van der Waals surface area contributed by atoms with E-state index in [1.54, 1.807) is 12.3 Å². The highest BCUT2D eigenvalue weighted by molar-refractivity contribution is 5.92. The van der Waals surface area contributed by atoms with Gasteiger partial charge in [0.15, 0.2) is 0 Å². The second-order valence-electron chi connectivity index (χ2n) is 6.86. The number of amides is 1. The summed E-state index contributed by atoms with van der Waals surface area (Å²) in [5, 5.41) is 0. The topological polar surface area (TPSA) is 60.2 Å². The third-order valence-corrected chi connectivity index (χ3v) is 5.07. The number of nitrogens with zero attached hydrogens (tertiary/aromatic N) is 4. The summed E-state index contributed by atoms with van der Waals surface area (Å²) < 4.78 is 8.30. The number of carbonyl (C=O) groups excluding carboxylic acids is 1. The van der Waals surface area contributed by atoms with Crippen LogP contribution in [0.4, 0.5) is 0 Å². The molecule has 1 amide bonds. The molecule has 0 saturated carbocycles. The maximum Gasteiger partial charge on any atom is 0.272 e. The molecule has 24 heavy (non-hydrogen) atoms.